The normalized spacial score (nSPS) is 10.4. The number of aromatic nitrogens is 2. The molecule has 2 aromatic rings. The summed E-state index contributed by atoms with van der Waals surface area (Å²) in [5.41, 5.74) is -0.450. The Labute approximate surface area is 98.1 Å². The van der Waals surface area contributed by atoms with Gasteiger partial charge in [0.2, 0.25) is 11.9 Å². The summed E-state index contributed by atoms with van der Waals surface area (Å²) in [6.07, 6.45) is 0. The number of carboxylic acids is 1. The molecule has 8 heteroatoms. The Morgan fingerprint density at radius 2 is 2.24 bits per heavy atom. The van der Waals surface area contributed by atoms with Gasteiger partial charge in [-0.2, -0.15) is 0 Å². The van der Waals surface area contributed by atoms with Gasteiger partial charge in [-0.15, -0.1) is 11.3 Å². The van der Waals surface area contributed by atoms with E-state index in [0.29, 0.717) is 0 Å². The van der Waals surface area contributed by atoms with E-state index in [2.05, 4.69) is 15.3 Å². The predicted octanol–water partition coefficient (Wildman–Crippen LogP) is 0.641. The fourth-order valence-corrected chi connectivity index (χ4v) is 2.18. The third kappa shape index (κ3) is 2.02. The molecule has 0 spiro atoms. The Morgan fingerprint density at radius 1 is 1.53 bits per heavy atom. The minimum atomic E-state index is -1.16. The number of aromatic amines is 1. The summed E-state index contributed by atoms with van der Waals surface area (Å²) in [5.74, 6) is -1.63. The summed E-state index contributed by atoms with van der Waals surface area (Å²) in [4.78, 5) is 39.6. The molecule has 2 rings (SSSR count). The molecular weight excluding hydrogens is 246 g/mol. The molecule has 0 aromatic carbocycles. The second-order valence-corrected chi connectivity index (χ2v) is 4.11. The van der Waals surface area contributed by atoms with Crippen molar-refractivity contribution in [3.8, 4) is 0 Å². The Kier molecular flexibility index (Phi) is 2.64. The van der Waals surface area contributed by atoms with Crippen LogP contribution in [-0.4, -0.2) is 27.0 Å². The number of hydrogen-bond donors (Lipinski definition) is 3. The average Bonchev–Trinajstić information content (AvgIpc) is 2.60. The lowest BCUT2D eigenvalue weighted by Gasteiger charge is -2.00. The highest BCUT2D eigenvalue weighted by atomic mass is 32.1. The summed E-state index contributed by atoms with van der Waals surface area (Å²) in [6.45, 7) is 1.26. The number of thiophene rings is 1. The molecule has 0 aliphatic heterocycles. The van der Waals surface area contributed by atoms with E-state index in [0.717, 1.165) is 11.3 Å². The van der Waals surface area contributed by atoms with E-state index in [4.69, 9.17) is 5.11 Å². The van der Waals surface area contributed by atoms with Gasteiger partial charge in [-0.05, 0) is 0 Å². The van der Waals surface area contributed by atoms with Crippen LogP contribution in [0.25, 0.3) is 10.2 Å². The lowest BCUT2D eigenvalue weighted by Crippen LogP contribution is -2.15. The van der Waals surface area contributed by atoms with Gasteiger partial charge < -0.3 is 5.11 Å². The molecule has 1 amide bonds. The van der Waals surface area contributed by atoms with Crippen LogP contribution in [-0.2, 0) is 4.79 Å². The number of hydrogen-bond acceptors (Lipinski definition) is 5. The van der Waals surface area contributed by atoms with Gasteiger partial charge in [-0.1, -0.05) is 0 Å². The summed E-state index contributed by atoms with van der Waals surface area (Å²) in [5, 5.41) is 12.5. The van der Waals surface area contributed by atoms with Crippen LogP contribution in [0.15, 0.2) is 10.2 Å². The van der Waals surface area contributed by atoms with Crippen molar-refractivity contribution in [2.75, 3.05) is 5.32 Å². The van der Waals surface area contributed by atoms with E-state index < -0.39 is 17.4 Å². The largest absolute Gasteiger partial charge is 0.478 e. The summed E-state index contributed by atoms with van der Waals surface area (Å²) < 4.78 is 0.219. The third-order valence-electron chi connectivity index (χ3n) is 1.95. The molecule has 0 aliphatic carbocycles. The number of carboxylic acid groups (broad SMARTS) is 1. The molecule has 0 atom stereocenters. The topological polar surface area (TPSA) is 112 Å². The Morgan fingerprint density at radius 3 is 2.82 bits per heavy atom. The fourth-order valence-electron chi connectivity index (χ4n) is 1.31. The fraction of sp³-hybridized carbons (Fsp3) is 0.111. The molecule has 0 saturated carbocycles. The van der Waals surface area contributed by atoms with Crippen molar-refractivity contribution in [1.82, 2.24) is 9.97 Å². The zero-order valence-electron chi connectivity index (χ0n) is 8.60. The van der Waals surface area contributed by atoms with Gasteiger partial charge in [0.15, 0.2) is 0 Å². The van der Waals surface area contributed by atoms with Gasteiger partial charge in [0.25, 0.3) is 5.56 Å². The number of nitrogens with one attached hydrogen (secondary N) is 2. The number of amides is 1. The number of carbonyl (C=O) groups is 2. The van der Waals surface area contributed by atoms with Crippen LogP contribution in [0.5, 0.6) is 0 Å². The molecule has 3 N–H and O–H groups in total. The van der Waals surface area contributed by atoms with Crippen molar-refractivity contribution >= 4 is 39.4 Å². The molecular formula is C9H7N3O4S. The first kappa shape index (κ1) is 11.3. The zero-order chi connectivity index (χ0) is 12.6. The molecule has 2 aromatic heterocycles. The lowest BCUT2D eigenvalue weighted by atomic mass is 10.3. The standard InChI is InChI=1S/C9H7N3O4S/c1-3(13)10-9-11-5-4(8(15)16)2-17-6(5)7(14)12-9/h2H,1H3,(H,15,16)(H2,10,11,12,13,14). The maximum atomic E-state index is 11.6. The van der Waals surface area contributed by atoms with Crippen molar-refractivity contribution in [1.29, 1.82) is 0 Å². The average molecular weight is 253 g/mol. The van der Waals surface area contributed by atoms with E-state index in [-0.39, 0.29) is 21.7 Å². The Hall–Kier alpha value is -2.22. The van der Waals surface area contributed by atoms with Crippen LogP contribution in [0, 0.1) is 0 Å². The number of anilines is 1. The van der Waals surface area contributed by atoms with Crippen molar-refractivity contribution < 1.29 is 14.7 Å². The molecule has 0 unspecified atom stereocenters. The molecule has 17 heavy (non-hydrogen) atoms. The van der Waals surface area contributed by atoms with Crippen molar-refractivity contribution in [2.45, 2.75) is 6.92 Å². The number of fused-ring (bicyclic) bond motifs is 1. The number of aromatic carboxylic acids is 1. The molecule has 0 aliphatic rings. The summed E-state index contributed by atoms with van der Waals surface area (Å²) in [7, 11) is 0. The first-order chi connectivity index (χ1) is 7.99. The minimum absolute atomic E-state index is 0.0531. The molecule has 0 fully saturated rings. The summed E-state index contributed by atoms with van der Waals surface area (Å²) in [6, 6.07) is 0. The van der Waals surface area contributed by atoms with Crippen LogP contribution in [0.4, 0.5) is 5.95 Å². The number of nitrogens with zero attached hydrogens (tertiary/aromatic N) is 1. The second kappa shape index (κ2) is 3.98. The van der Waals surface area contributed by atoms with Gasteiger partial charge in [-0.3, -0.25) is 19.9 Å². The monoisotopic (exact) mass is 253 g/mol. The third-order valence-corrected chi connectivity index (χ3v) is 2.92. The molecule has 2 heterocycles. The second-order valence-electron chi connectivity index (χ2n) is 3.23. The molecule has 0 radical (unpaired) electrons. The van der Waals surface area contributed by atoms with Crippen LogP contribution in [0.1, 0.15) is 17.3 Å². The van der Waals surface area contributed by atoms with Crippen LogP contribution < -0.4 is 10.9 Å². The van der Waals surface area contributed by atoms with Gasteiger partial charge in [0.1, 0.15) is 10.2 Å². The summed E-state index contributed by atoms with van der Waals surface area (Å²) >= 11 is 0.997. The molecule has 0 bridgehead atoms. The highest BCUT2D eigenvalue weighted by Crippen LogP contribution is 2.21. The van der Waals surface area contributed by atoms with Crippen molar-refractivity contribution in [3.05, 3.63) is 21.3 Å². The van der Waals surface area contributed by atoms with Gasteiger partial charge >= 0.3 is 5.97 Å². The predicted molar refractivity (Wildman–Crippen MR) is 61.5 cm³/mol. The number of H-pyrrole nitrogens is 1. The Balaban J connectivity index is 2.69. The molecule has 88 valence electrons. The van der Waals surface area contributed by atoms with E-state index >= 15 is 0 Å². The Bertz CT molecular complexity index is 672. The molecule has 0 saturated heterocycles. The van der Waals surface area contributed by atoms with Crippen molar-refractivity contribution in [2.24, 2.45) is 0 Å². The van der Waals surface area contributed by atoms with E-state index in [1.165, 1.54) is 12.3 Å². The smallest absolute Gasteiger partial charge is 0.338 e. The van der Waals surface area contributed by atoms with E-state index in [1.807, 2.05) is 0 Å². The van der Waals surface area contributed by atoms with Crippen LogP contribution in [0.2, 0.25) is 0 Å². The first-order valence-corrected chi connectivity index (χ1v) is 5.39. The highest BCUT2D eigenvalue weighted by Gasteiger charge is 2.15. The maximum absolute atomic E-state index is 11.6. The lowest BCUT2D eigenvalue weighted by molar-refractivity contribution is -0.114. The van der Waals surface area contributed by atoms with Gasteiger partial charge in [0.05, 0.1) is 5.56 Å². The minimum Gasteiger partial charge on any atom is -0.478 e. The molecule has 7 nitrogen and oxygen atoms in total. The zero-order valence-corrected chi connectivity index (χ0v) is 9.42. The quantitative estimate of drug-likeness (QED) is 0.727. The van der Waals surface area contributed by atoms with E-state index in [1.54, 1.807) is 0 Å². The highest BCUT2D eigenvalue weighted by molar-refractivity contribution is 7.17. The SMILES string of the molecule is CC(=O)Nc1nc2c(C(=O)O)csc2c(=O)[nH]1. The van der Waals surface area contributed by atoms with E-state index in [9.17, 15) is 14.4 Å². The van der Waals surface area contributed by atoms with Crippen LogP contribution in [0.3, 0.4) is 0 Å². The van der Waals surface area contributed by atoms with Crippen molar-refractivity contribution in [3.63, 3.8) is 0 Å². The maximum Gasteiger partial charge on any atom is 0.338 e. The number of rotatable bonds is 2. The van der Waals surface area contributed by atoms with Gasteiger partial charge in [-0.25, -0.2) is 9.78 Å². The first-order valence-electron chi connectivity index (χ1n) is 4.51. The number of carbonyl (C=O) groups excluding carboxylic acids is 1. The van der Waals surface area contributed by atoms with Gasteiger partial charge in [0, 0.05) is 12.3 Å². The van der Waals surface area contributed by atoms with Crippen LogP contribution >= 0.6 is 11.3 Å².